The number of aromatic nitrogens is 2. The molecule has 29 heavy (non-hydrogen) atoms. The van der Waals surface area contributed by atoms with Crippen molar-refractivity contribution in [1.82, 2.24) is 14.9 Å². The van der Waals surface area contributed by atoms with Gasteiger partial charge in [0.15, 0.2) is 11.7 Å². The van der Waals surface area contributed by atoms with Crippen LogP contribution < -0.4 is 10.2 Å². The van der Waals surface area contributed by atoms with E-state index in [1.165, 1.54) is 11.2 Å². The average molecular weight is 413 g/mol. The van der Waals surface area contributed by atoms with E-state index < -0.39 is 17.5 Å². The van der Waals surface area contributed by atoms with E-state index in [1.54, 1.807) is 17.5 Å². The van der Waals surface area contributed by atoms with E-state index in [0.717, 1.165) is 23.5 Å². The molecule has 0 saturated heterocycles. The first-order valence-corrected chi connectivity index (χ1v) is 10.2. The van der Waals surface area contributed by atoms with Crippen LogP contribution in [0.5, 0.6) is 0 Å². The van der Waals surface area contributed by atoms with Crippen molar-refractivity contribution in [2.75, 3.05) is 4.90 Å². The van der Waals surface area contributed by atoms with Crippen LogP contribution >= 0.6 is 11.5 Å². The lowest BCUT2D eigenvalue weighted by molar-refractivity contribution is -0.124. The van der Waals surface area contributed by atoms with Gasteiger partial charge in [0.25, 0.3) is 11.8 Å². The Hall–Kier alpha value is -3.00. The van der Waals surface area contributed by atoms with Crippen molar-refractivity contribution in [2.24, 2.45) is 0 Å². The van der Waals surface area contributed by atoms with Crippen molar-refractivity contribution in [3.63, 3.8) is 0 Å². The minimum atomic E-state index is -0.995. The number of hydrogen-bond acceptors (Lipinski definition) is 6. The molecule has 1 aromatic carbocycles. The zero-order chi connectivity index (χ0) is 21.0. The van der Waals surface area contributed by atoms with Crippen LogP contribution in [-0.4, -0.2) is 26.9 Å². The Kier molecular flexibility index (Phi) is 6.12. The van der Waals surface area contributed by atoms with Crippen LogP contribution in [0, 0.1) is 0 Å². The summed E-state index contributed by atoms with van der Waals surface area (Å²) in [6.07, 6.45) is 2.36. The molecule has 3 aromatic rings. The Labute approximate surface area is 173 Å². The zero-order valence-electron chi connectivity index (χ0n) is 16.9. The molecular weight excluding hydrogens is 388 g/mol. The van der Waals surface area contributed by atoms with Crippen molar-refractivity contribution in [3.8, 4) is 0 Å². The maximum absolute atomic E-state index is 13.4. The average Bonchev–Trinajstić information content (AvgIpc) is 3.38. The molecule has 1 atom stereocenters. The maximum atomic E-state index is 13.4. The molecular formula is C21H24N4O3S. The first-order chi connectivity index (χ1) is 13.8. The predicted octanol–water partition coefficient (Wildman–Crippen LogP) is 4.00. The van der Waals surface area contributed by atoms with Crippen LogP contribution in [0.15, 0.2) is 52.5 Å². The fourth-order valence-electron chi connectivity index (χ4n) is 2.92. The van der Waals surface area contributed by atoms with Crippen molar-refractivity contribution in [2.45, 2.75) is 45.7 Å². The van der Waals surface area contributed by atoms with E-state index in [4.69, 9.17) is 4.42 Å². The lowest BCUT2D eigenvalue weighted by Crippen LogP contribution is -2.49. The third-order valence-electron chi connectivity index (χ3n) is 4.24. The Morgan fingerprint density at radius 2 is 1.93 bits per heavy atom. The smallest absolute Gasteiger partial charge is 0.280 e. The van der Waals surface area contributed by atoms with Gasteiger partial charge >= 0.3 is 0 Å². The third-order valence-corrected chi connectivity index (χ3v) is 4.74. The van der Waals surface area contributed by atoms with E-state index >= 15 is 0 Å². The number of aryl methyl sites for hydroxylation is 1. The second-order valence-corrected chi connectivity index (χ2v) is 8.25. The molecule has 152 valence electrons. The summed E-state index contributed by atoms with van der Waals surface area (Å²) in [7, 11) is 0. The van der Waals surface area contributed by atoms with Crippen molar-refractivity contribution >= 4 is 29.0 Å². The summed E-state index contributed by atoms with van der Waals surface area (Å²) < 4.78 is 9.35. The maximum Gasteiger partial charge on any atom is 0.280 e. The first-order valence-electron chi connectivity index (χ1n) is 9.35. The quantitative estimate of drug-likeness (QED) is 0.661. The minimum Gasteiger partial charge on any atom is -0.467 e. The number of carbonyl (C=O) groups excluding carboxylic acids is 2. The van der Waals surface area contributed by atoms with Crippen molar-refractivity contribution in [3.05, 3.63) is 65.1 Å². The van der Waals surface area contributed by atoms with Gasteiger partial charge in [-0.2, -0.15) is 0 Å². The lowest BCUT2D eigenvalue weighted by Gasteiger charge is -2.32. The number of carbonyl (C=O) groups is 2. The number of hydrogen-bond donors (Lipinski definition) is 1. The predicted molar refractivity (Wildman–Crippen MR) is 112 cm³/mol. The molecule has 7 nitrogen and oxygen atoms in total. The van der Waals surface area contributed by atoms with Gasteiger partial charge < -0.3 is 9.73 Å². The standard InChI is InChI=1S/C21H24N4O3S/c1-5-14-8-10-15(11-9-14)25(20(27)16-13-29-24-23-16)18(17-7-6-12-28-17)19(26)22-21(2,3)4/h6-13,18H,5H2,1-4H3,(H,22,26)/t18-/m1/s1. The van der Waals surface area contributed by atoms with Crippen LogP contribution in [0.3, 0.4) is 0 Å². The van der Waals surface area contributed by atoms with Gasteiger partial charge in [0.1, 0.15) is 5.76 Å². The number of nitrogens with zero attached hydrogens (tertiary/aromatic N) is 3. The summed E-state index contributed by atoms with van der Waals surface area (Å²) in [5, 5.41) is 8.43. The van der Waals surface area contributed by atoms with Crippen LogP contribution in [0.4, 0.5) is 5.69 Å². The molecule has 0 fully saturated rings. The van der Waals surface area contributed by atoms with E-state index in [9.17, 15) is 9.59 Å². The molecule has 0 spiro atoms. The molecule has 0 saturated carbocycles. The highest BCUT2D eigenvalue weighted by Crippen LogP contribution is 2.30. The second kappa shape index (κ2) is 8.57. The molecule has 0 radical (unpaired) electrons. The van der Waals surface area contributed by atoms with E-state index in [0.29, 0.717) is 11.4 Å². The molecule has 2 amide bonds. The van der Waals surface area contributed by atoms with E-state index in [1.807, 2.05) is 45.0 Å². The topological polar surface area (TPSA) is 88.3 Å². The molecule has 0 bridgehead atoms. The monoisotopic (exact) mass is 412 g/mol. The van der Waals surface area contributed by atoms with E-state index in [-0.39, 0.29) is 11.6 Å². The van der Waals surface area contributed by atoms with Gasteiger partial charge in [-0.15, -0.1) is 5.10 Å². The summed E-state index contributed by atoms with van der Waals surface area (Å²) >= 11 is 1.08. The minimum absolute atomic E-state index is 0.176. The third kappa shape index (κ3) is 4.89. The van der Waals surface area contributed by atoms with Gasteiger partial charge in [0.05, 0.1) is 6.26 Å². The number of rotatable bonds is 6. The largest absolute Gasteiger partial charge is 0.467 e. The van der Waals surface area contributed by atoms with Gasteiger partial charge in [-0.1, -0.05) is 23.5 Å². The Balaban J connectivity index is 2.11. The van der Waals surface area contributed by atoms with Crippen molar-refractivity contribution < 1.29 is 14.0 Å². The molecule has 8 heteroatoms. The number of amides is 2. The zero-order valence-corrected chi connectivity index (χ0v) is 17.7. The number of anilines is 1. The molecule has 2 aromatic heterocycles. The molecule has 1 N–H and O–H groups in total. The SMILES string of the molecule is CCc1ccc(N(C(=O)c2csnn2)[C@@H](C(=O)NC(C)(C)C)c2ccco2)cc1. The summed E-state index contributed by atoms with van der Waals surface area (Å²) in [4.78, 5) is 28.1. The van der Waals surface area contributed by atoms with Crippen LogP contribution in [0.25, 0.3) is 0 Å². The van der Waals surface area contributed by atoms with Gasteiger partial charge in [0.2, 0.25) is 0 Å². The van der Waals surface area contributed by atoms with Gasteiger partial charge in [0, 0.05) is 16.6 Å². The summed E-state index contributed by atoms with van der Waals surface area (Å²) in [5.41, 5.74) is 1.40. The number of benzene rings is 1. The molecule has 2 heterocycles. The molecule has 3 rings (SSSR count). The second-order valence-electron chi connectivity index (χ2n) is 7.64. The van der Waals surface area contributed by atoms with Crippen LogP contribution in [-0.2, 0) is 11.2 Å². The van der Waals surface area contributed by atoms with Gasteiger partial charge in [-0.25, -0.2) is 0 Å². The van der Waals surface area contributed by atoms with Gasteiger partial charge in [-0.3, -0.25) is 14.5 Å². The van der Waals surface area contributed by atoms with Crippen LogP contribution in [0.2, 0.25) is 0 Å². The summed E-state index contributed by atoms with van der Waals surface area (Å²) in [6.45, 7) is 7.71. The first kappa shape index (κ1) is 20.7. The van der Waals surface area contributed by atoms with E-state index in [2.05, 4.69) is 21.8 Å². The van der Waals surface area contributed by atoms with Crippen LogP contribution in [0.1, 0.15) is 55.5 Å². The molecule has 0 aliphatic rings. The Morgan fingerprint density at radius 1 is 1.21 bits per heavy atom. The summed E-state index contributed by atoms with van der Waals surface area (Å²) in [5.74, 6) is -0.403. The fourth-order valence-corrected chi connectivity index (χ4v) is 3.35. The fraction of sp³-hybridized carbons (Fsp3) is 0.333. The Morgan fingerprint density at radius 3 is 2.45 bits per heavy atom. The number of nitrogens with one attached hydrogen (secondary N) is 1. The van der Waals surface area contributed by atoms with Gasteiger partial charge in [-0.05, 0) is 68.6 Å². The molecule has 0 aliphatic heterocycles. The number of furan rings is 1. The molecule has 0 aliphatic carbocycles. The lowest BCUT2D eigenvalue weighted by atomic mass is 10.0. The highest BCUT2D eigenvalue weighted by Gasteiger charge is 2.37. The summed E-state index contributed by atoms with van der Waals surface area (Å²) in [6, 6.07) is 9.93. The molecule has 0 unspecified atom stereocenters. The normalized spacial score (nSPS) is 12.4. The highest BCUT2D eigenvalue weighted by molar-refractivity contribution is 7.03. The highest BCUT2D eigenvalue weighted by atomic mass is 32.1. The Bertz CT molecular complexity index is 945. The van der Waals surface area contributed by atoms with Crippen molar-refractivity contribution in [1.29, 1.82) is 0 Å².